The predicted molar refractivity (Wildman–Crippen MR) is 93.5 cm³/mol. The number of dihydropyridines is 1. The van der Waals surface area contributed by atoms with Crippen LogP contribution in [0.3, 0.4) is 0 Å². The molecule has 1 heterocycles. The number of nitrogens with zero attached hydrogens (tertiary/aromatic N) is 1. The normalized spacial score (nSPS) is 22.2. The van der Waals surface area contributed by atoms with E-state index in [1.807, 2.05) is 31.2 Å². The minimum absolute atomic E-state index is 0.00217. The summed E-state index contributed by atoms with van der Waals surface area (Å²) < 4.78 is 5.72. The monoisotopic (exact) mass is 317 g/mol. The largest absolute Gasteiger partial charge is 0.478 e. The van der Waals surface area contributed by atoms with Gasteiger partial charge in [0.25, 0.3) is 0 Å². The number of aliphatic imine (C=N–C) groups is 1. The first-order chi connectivity index (χ1) is 11.3. The summed E-state index contributed by atoms with van der Waals surface area (Å²) in [4.78, 5) is 17.1. The third kappa shape index (κ3) is 5.06. The molecule has 0 aromatic carbocycles. The molecule has 5 heteroatoms. The third-order valence-electron chi connectivity index (χ3n) is 3.87. The number of hydrogen-bond donors (Lipinski definition) is 2. The van der Waals surface area contributed by atoms with Crippen molar-refractivity contribution in [2.24, 2.45) is 10.9 Å². The summed E-state index contributed by atoms with van der Waals surface area (Å²) in [6, 6.07) is -0.0452. The Morgan fingerprint density at radius 2 is 2.09 bits per heavy atom. The lowest BCUT2D eigenvalue weighted by molar-refractivity contribution is -0.117. The van der Waals surface area contributed by atoms with E-state index in [0.29, 0.717) is 19.0 Å². The zero-order chi connectivity index (χ0) is 16.5. The molecule has 5 nitrogen and oxygen atoms in total. The van der Waals surface area contributed by atoms with E-state index in [1.165, 1.54) is 0 Å². The van der Waals surface area contributed by atoms with Crippen molar-refractivity contribution in [1.29, 1.82) is 0 Å². The Labute approximate surface area is 138 Å². The van der Waals surface area contributed by atoms with Crippen LogP contribution >= 0.6 is 0 Å². The van der Waals surface area contributed by atoms with Gasteiger partial charge in [-0.3, -0.25) is 4.79 Å². The van der Waals surface area contributed by atoms with Gasteiger partial charge in [-0.15, -0.1) is 0 Å². The van der Waals surface area contributed by atoms with Gasteiger partial charge in [-0.25, -0.2) is 4.99 Å². The summed E-state index contributed by atoms with van der Waals surface area (Å²) >= 11 is 0. The highest BCUT2D eigenvalue weighted by molar-refractivity contribution is 6.03. The minimum Gasteiger partial charge on any atom is -0.478 e. The molecule has 1 aliphatic carbocycles. The summed E-state index contributed by atoms with van der Waals surface area (Å²) in [6.45, 7) is 7.09. The summed E-state index contributed by atoms with van der Waals surface area (Å²) in [5, 5.41) is 6.17. The van der Waals surface area contributed by atoms with Gasteiger partial charge >= 0.3 is 0 Å². The lowest BCUT2D eigenvalue weighted by Crippen LogP contribution is -2.38. The molecule has 1 aliphatic heterocycles. The number of unbranched alkanes of at least 4 members (excludes halogenated alkanes) is 1. The van der Waals surface area contributed by atoms with Gasteiger partial charge in [-0.1, -0.05) is 44.6 Å². The first-order valence-corrected chi connectivity index (χ1v) is 8.52. The molecule has 0 radical (unpaired) electrons. The smallest absolute Gasteiger partial charge is 0.248 e. The first-order valence-electron chi connectivity index (χ1n) is 8.52. The van der Waals surface area contributed by atoms with Crippen LogP contribution in [0.1, 0.15) is 26.7 Å². The van der Waals surface area contributed by atoms with Crippen molar-refractivity contribution in [2.75, 3.05) is 26.2 Å². The van der Waals surface area contributed by atoms with E-state index < -0.39 is 0 Å². The van der Waals surface area contributed by atoms with E-state index in [9.17, 15) is 4.79 Å². The second-order valence-corrected chi connectivity index (χ2v) is 5.66. The van der Waals surface area contributed by atoms with Crippen molar-refractivity contribution in [2.45, 2.75) is 32.7 Å². The van der Waals surface area contributed by atoms with Crippen molar-refractivity contribution in [3.05, 3.63) is 36.0 Å². The number of carbonyl (C=O) groups is 1. The lowest BCUT2D eigenvalue weighted by Gasteiger charge is -2.27. The molecule has 0 aromatic heterocycles. The van der Waals surface area contributed by atoms with Crippen LogP contribution in [0.2, 0.25) is 0 Å². The van der Waals surface area contributed by atoms with Gasteiger partial charge in [0.15, 0.2) is 0 Å². The van der Waals surface area contributed by atoms with Gasteiger partial charge in [-0.05, 0) is 13.0 Å². The van der Waals surface area contributed by atoms with Gasteiger partial charge in [-0.2, -0.15) is 0 Å². The van der Waals surface area contributed by atoms with E-state index in [0.717, 1.165) is 31.5 Å². The van der Waals surface area contributed by atoms with Crippen LogP contribution in [0, 0.1) is 5.92 Å². The Balaban J connectivity index is 2.03. The fourth-order valence-electron chi connectivity index (χ4n) is 2.58. The molecule has 0 bridgehead atoms. The number of ether oxygens (including phenoxy) is 1. The van der Waals surface area contributed by atoms with Gasteiger partial charge in [0.1, 0.15) is 0 Å². The van der Waals surface area contributed by atoms with Gasteiger partial charge < -0.3 is 15.4 Å². The molecular formula is C18H27N3O2. The average Bonchev–Trinajstić information content (AvgIpc) is 2.58. The van der Waals surface area contributed by atoms with Crippen molar-refractivity contribution >= 4 is 11.8 Å². The van der Waals surface area contributed by atoms with Crippen LogP contribution < -0.4 is 10.6 Å². The molecule has 0 fully saturated rings. The maximum Gasteiger partial charge on any atom is 0.248 e. The van der Waals surface area contributed by atoms with Crippen LogP contribution in [0.25, 0.3) is 0 Å². The number of amides is 1. The summed E-state index contributed by atoms with van der Waals surface area (Å²) in [7, 11) is 0. The number of allylic oxidation sites excluding steroid dienone is 2. The van der Waals surface area contributed by atoms with Gasteiger partial charge in [0.2, 0.25) is 11.8 Å². The van der Waals surface area contributed by atoms with E-state index in [1.54, 1.807) is 6.08 Å². The summed E-state index contributed by atoms with van der Waals surface area (Å²) in [6.07, 6.45) is 11.9. The maximum atomic E-state index is 12.5. The molecule has 2 unspecified atom stereocenters. The third-order valence-corrected chi connectivity index (χ3v) is 3.87. The van der Waals surface area contributed by atoms with Crippen molar-refractivity contribution in [1.82, 2.24) is 10.6 Å². The number of hydrogen-bond acceptors (Lipinski definition) is 4. The van der Waals surface area contributed by atoms with Crippen molar-refractivity contribution in [3.63, 3.8) is 0 Å². The zero-order valence-electron chi connectivity index (χ0n) is 14.0. The highest BCUT2D eigenvalue weighted by Gasteiger charge is 2.30. The minimum atomic E-state index is -0.0452. The molecule has 0 aromatic rings. The lowest BCUT2D eigenvalue weighted by atomic mass is 9.85. The van der Waals surface area contributed by atoms with Gasteiger partial charge in [0.05, 0.1) is 12.6 Å². The Morgan fingerprint density at radius 1 is 1.26 bits per heavy atom. The Kier molecular flexibility index (Phi) is 7.07. The van der Waals surface area contributed by atoms with E-state index in [4.69, 9.17) is 4.74 Å². The number of nitrogens with one attached hydrogen (secondary N) is 2. The molecule has 2 aliphatic rings. The molecule has 126 valence electrons. The van der Waals surface area contributed by atoms with Crippen LogP contribution in [0.15, 0.2) is 40.9 Å². The molecule has 0 saturated heterocycles. The molecular weight excluding hydrogens is 290 g/mol. The topological polar surface area (TPSA) is 62.7 Å². The van der Waals surface area contributed by atoms with Crippen LogP contribution in [-0.2, 0) is 9.53 Å². The Bertz CT molecular complexity index is 520. The highest BCUT2D eigenvalue weighted by Crippen LogP contribution is 2.28. The Morgan fingerprint density at radius 3 is 2.87 bits per heavy atom. The highest BCUT2D eigenvalue weighted by atomic mass is 16.5. The van der Waals surface area contributed by atoms with Crippen LogP contribution in [0.4, 0.5) is 0 Å². The fourth-order valence-corrected chi connectivity index (χ4v) is 2.58. The van der Waals surface area contributed by atoms with Crippen molar-refractivity contribution in [3.8, 4) is 0 Å². The average molecular weight is 317 g/mol. The second-order valence-electron chi connectivity index (χ2n) is 5.66. The molecule has 1 amide bonds. The maximum absolute atomic E-state index is 12.5. The zero-order valence-corrected chi connectivity index (χ0v) is 14.0. The Hall–Kier alpha value is -1.88. The second kappa shape index (κ2) is 9.30. The fraction of sp³-hybridized carbons (Fsp3) is 0.556. The molecule has 2 atom stereocenters. The summed E-state index contributed by atoms with van der Waals surface area (Å²) in [5.41, 5.74) is 0.730. The standard InChI is InChI=1S/C18H27N3O2/c1-3-5-12-23-17-13-15(18(22)20-11-10-19-4-2)14-8-6-7-9-16(14)21-17/h6-9,13-14,16,19H,3-5,10-12H2,1-2H3,(H,20,22). The number of likely N-dealkylation sites (N-methyl/N-ethyl adjacent to an activating group) is 1. The van der Waals surface area contributed by atoms with Gasteiger partial charge in [0, 0.05) is 30.7 Å². The molecule has 23 heavy (non-hydrogen) atoms. The quantitative estimate of drug-likeness (QED) is 0.673. The summed E-state index contributed by atoms with van der Waals surface area (Å²) in [5.74, 6) is 0.526. The van der Waals surface area contributed by atoms with Crippen LogP contribution in [-0.4, -0.2) is 44.1 Å². The molecule has 2 rings (SSSR count). The molecule has 0 saturated carbocycles. The number of fused-ring (bicyclic) bond motifs is 1. The SMILES string of the molecule is CCCCOC1=NC2C=CC=CC2C(C(=O)NCCNCC)=C1. The van der Waals surface area contributed by atoms with E-state index in [2.05, 4.69) is 22.5 Å². The van der Waals surface area contributed by atoms with E-state index in [-0.39, 0.29) is 17.9 Å². The van der Waals surface area contributed by atoms with E-state index >= 15 is 0 Å². The first kappa shape index (κ1) is 17.5. The predicted octanol–water partition coefficient (Wildman–Crippen LogP) is 1.98. The van der Waals surface area contributed by atoms with Crippen molar-refractivity contribution < 1.29 is 9.53 Å². The molecule has 0 spiro atoms. The number of carbonyl (C=O) groups excluding carboxylic acids is 1. The van der Waals surface area contributed by atoms with Crippen LogP contribution in [0.5, 0.6) is 0 Å². The number of rotatable bonds is 8. The molecule has 2 N–H and O–H groups in total.